The lowest BCUT2D eigenvalue weighted by molar-refractivity contribution is 0.0314. The molecule has 16 heavy (non-hydrogen) atoms. The molecule has 1 saturated heterocycles. The van der Waals surface area contributed by atoms with Crippen molar-refractivity contribution in [3.8, 4) is 0 Å². The molecule has 1 aliphatic rings. The molecule has 3 atom stereocenters. The Labute approximate surface area is 96.2 Å². The van der Waals surface area contributed by atoms with Gasteiger partial charge < -0.3 is 4.74 Å². The van der Waals surface area contributed by atoms with Crippen LogP contribution >= 0.6 is 0 Å². The van der Waals surface area contributed by atoms with Gasteiger partial charge in [0.2, 0.25) is 0 Å². The normalized spacial score (nSPS) is 26.9. The van der Waals surface area contributed by atoms with E-state index in [1.165, 1.54) is 5.56 Å². The van der Waals surface area contributed by atoms with Crippen molar-refractivity contribution in [2.24, 2.45) is 5.84 Å². The lowest BCUT2D eigenvalue weighted by Crippen LogP contribution is -2.37. The van der Waals surface area contributed by atoms with Crippen molar-refractivity contribution in [3.63, 3.8) is 0 Å². The van der Waals surface area contributed by atoms with E-state index in [1.54, 1.807) is 6.20 Å². The first-order chi connectivity index (χ1) is 7.72. The fourth-order valence-corrected chi connectivity index (χ4v) is 2.28. The Kier molecular flexibility index (Phi) is 3.53. The van der Waals surface area contributed by atoms with Gasteiger partial charge in [-0.3, -0.25) is 16.3 Å². The molecule has 2 rings (SSSR count). The van der Waals surface area contributed by atoms with Gasteiger partial charge >= 0.3 is 0 Å². The van der Waals surface area contributed by atoms with Gasteiger partial charge in [-0.2, -0.15) is 0 Å². The van der Waals surface area contributed by atoms with Crippen LogP contribution in [0.5, 0.6) is 0 Å². The van der Waals surface area contributed by atoms with Gasteiger partial charge in [0.1, 0.15) is 0 Å². The summed E-state index contributed by atoms with van der Waals surface area (Å²) in [6.07, 6.45) is 6.30. The number of aryl methyl sites for hydroxylation is 1. The quantitative estimate of drug-likeness (QED) is 0.599. The first kappa shape index (κ1) is 11.5. The molecule has 4 nitrogen and oxygen atoms in total. The molecule has 2 heterocycles. The standard InChI is InChI=1S/C12H19N3O/c1-8-5-6-14-7-10(8)12(15-13)11-4-3-9(2)16-11/h5-7,9,11-12,15H,3-4,13H2,1-2H3. The Morgan fingerprint density at radius 2 is 2.38 bits per heavy atom. The zero-order chi connectivity index (χ0) is 11.5. The summed E-state index contributed by atoms with van der Waals surface area (Å²) in [7, 11) is 0. The van der Waals surface area contributed by atoms with Crippen molar-refractivity contribution in [2.75, 3.05) is 0 Å². The van der Waals surface area contributed by atoms with E-state index in [4.69, 9.17) is 10.6 Å². The van der Waals surface area contributed by atoms with Gasteiger partial charge in [0.15, 0.2) is 0 Å². The van der Waals surface area contributed by atoms with E-state index in [2.05, 4.69) is 24.3 Å². The smallest absolute Gasteiger partial charge is 0.0787 e. The van der Waals surface area contributed by atoms with Gasteiger partial charge in [-0.1, -0.05) is 0 Å². The Bertz CT molecular complexity index is 356. The molecule has 0 saturated carbocycles. The maximum atomic E-state index is 5.85. The number of hydrogen-bond donors (Lipinski definition) is 2. The van der Waals surface area contributed by atoms with Crippen molar-refractivity contribution in [1.82, 2.24) is 10.4 Å². The lowest BCUT2D eigenvalue weighted by atomic mass is 9.98. The third-order valence-corrected chi connectivity index (χ3v) is 3.23. The van der Waals surface area contributed by atoms with Gasteiger partial charge in [0.05, 0.1) is 18.2 Å². The van der Waals surface area contributed by atoms with Gasteiger partial charge in [-0.15, -0.1) is 0 Å². The van der Waals surface area contributed by atoms with Gasteiger partial charge in [0, 0.05) is 12.4 Å². The third-order valence-electron chi connectivity index (χ3n) is 3.23. The Balaban J connectivity index is 2.19. The van der Waals surface area contributed by atoms with E-state index >= 15 is 0 Å². The Morgan fingerprint density at radius 3 is 2.94 bits per heavy atom. The Hall–Kier alpha value is -0.970. The highest BCUT2D eigenvalue weighted by Crippen LogP contribution is 2.30. The van der Waals surface area contributed by atoms with E-state index in [0.717, 1.165) is 18.4 Å². The number of nitrogens with two attached hydrogens (primary N) is 1. The molecular formula is C12H19N3O. The average molecular weight is 221 g/mol. The van der Waals surface area contributed by atoms with Crippen LogP contribution in [0.2, 0.25) is 0 Å². The van der Waals surface area contributed by atoms with E-state index in [1.807, 2.05) is 12.3 Å². The highest BCUT2D eigenvalue weighted by Gasteiger charge is 2.30. The first-order valence-electron chi connectivity index (χ1n) is 5.74. The second kappa shape index (κ2) is 4.91. The SMILES string of the molecule is Cc1ccncc1C(NN)C1CCC(C)O1. The minimum Gasteiger partial charge on any atom is -0.373 e. The predicted molar refractivity (Wildman–Crippen MR) is 62.6 cm³/mol. The maximum absolute atomic E-state index is 5.85. The topological polar surface area (TPSA) is 60.2 Å². The highest BCUT2D eigenvalue weighted by atomic mass is 16.5. The van der Waals surface area contributed by atoms with Crippen molar-refractivity contribution in [2.45, 2.75) is 44.9 Å². The molecule has 88 valence electrons. The van der Waals surface area contributed by atoms with Crippen LogP contribution in [0.1, 0.15) is 36.9 Å². The molecule has 0 bridgehead atoms. The third kappa shape index (κ3) is 2.24. The largest absolute Gasteiger partial charge is 0.373 e. The van der Waals surface area contributed by atoms with E-state index < -0.39 is 0 Å². The number of ether oxygens (including phenoxy) is 1. The molecule has 1 aliphatic heterocycles. The number of nitrogens with one attached hydrogen (secondary N) is 1. The molecular weight excluding hydrogens is 202 g/mol. The summed E-state index contributed by atoms with van der Waals surface area (Å²) in [5, 5.41) is 0. The number of rotatable bonds is 3. The van der Waals surface area contributed by atoms with Crippen LogP contribution in [0.4, 0.5) is 0 Å². The minimum absolute atomic E-state index is 0.0404. The van der Waals surface area contributed by atoms with Crippen LogP contribution < -0.4 is 11.3 Å². The number of pyridine rings is 1. The summed E-state index contributed by atoms with van der Waals surface area (Å²) in [5.74, 6) is 5.64. The molecule has 3 N–H and O–H groups in total. The molecule has 1 aromatic rings. The zero-order valence-electron chi connectivity index (χ0n) is 9.81. The zero-order valence-corrected chi connectivity index (χ0v) is 9.81. The minimum atomic E-state index is 0.0404. The van der Waals surface area contributed by atoms with Gasteiger partial charge in [-0.05, 0) is 43.9 Å². The van der Waals surface area contributed by atoms with Gasteiger partial charge in [0.25, 0.3) is 0 Å². The molecule has 0 radical (unpaired) electrons. The summed E-state index contributed by atoms with van der Waals surface area (Å²) >= 11 is 0. The first-order valence-corrected chi connectivity index (χ1v) is 5.74. The number of hydrazine groups is 1. The summed E-state index contributed by atoms with van der Waals surface area (Å²) in [6, 6.07) is 2.04. The fourth-order valence-electron chi connectivity index (χ4n) is 2.28. The lowest BCUT2D eigenvalue weighted by Gasteiger charge is -2.24. The van der Waals surface area contributed by atoms with Crippen LogP contribution in [-0.2, 0) is 4.74 Å². The van der Waals surface area contributed by atoms with E-state index in [-0.39, 0.29) is 12.1 Å². The van der Waals surface area contributed by atoms with Crippen LogP contribution in [-0.4, -0.2) is 17.2 Å². The highest BCUT2D eigenvalue weighted by molar-refractivity contribution is 5.26. The van der Waals surface area contributed by atoms with Crippen molar-refractivity contribution in [1.29, 1.82) is 0 Å². The van der Waals surface area contributed by atoms with Crippen LogP contribution in [0.15, 0.2) is 18.5 Å². The summed E-state index contributed by atoms with van der Waals surface area (Å²) in [4.78, 5) is 4.15. The number of nitrogens with zero attached hydrogens (tertiary/aromatic N) is 1. The van der Waals surface area contributed by atoms with E-state index in [9.17, 15) is 0 Å². The van der Waals surface area contributed by atoms with E-state index in [0.29, 0.717) is 6.10 Å². The molecule has 0 aromatic carbocycles. The molecule has 0 amide bonds. The summed E-state index contributed by atoms with van der Waals surface area (Å²) in [5.41, 5.74) is 5.18. The molecule has 3 unspecified atom stereocenters. The Morgan fingerprint density at radius 1 is 1.56 bits per heavy atom. The van der Waals surface area contributed by atoms with Crippen molar-refractivity contribution >= 4 is 0 Å². The summed E-state index contributed by atoms with van der Waals surface area (Å²) < 4.78 is 5.85. The molecule has 1 fully saturated rings. The van der Waals surface area contributed by atoms with Gasteiger partial charge in [-0.25, -0.2) is 0 Å². The monoisotopic (exact) mass is 221 g/mol. The summed E-state index contributed by atoms with van der Waals surface area (Å²) in [6.45, 7) is 4.17. The molecule has 0 aliphatic carbocycles. The number of aromatic nitrogens is 1. The van der Waals surface area contributed by atoms with Crippen LogP contribution in [0, 0.1) is 6.92 Å². The number of hydrogen-bond acceptors (Lipinski definition) is 4. The van der Waals surface area contributed by atoms with Crippen LogP contribution in [0.25, 0.3) is 0 Å². The fraction of sp³-hybridized carbons (Fsp3) is 0.583. The molecule has 0 spiro atoms. The molecule has 1 aromatic heterocycles. The second-order valence-electron chi connectivity index (χ2n) is 4.44. The van der Waals surface area contributed by atoms with Crippen LogP contribution in [0.3, 0.4) is 0 Å². The van der Waals surface area contributed by atoms with Crippen molar-refractivity contribution < 1.29 is 4.74 Å². The predicted octanol–water partition coefficient (Wildman–Crippen LogP) is 1.46. The second-order valence-corrected chi connectivity index (χ2v) is 4.44. The molecule has 4 heteroatoms. The maximum Gasteiger partial charge on any atom is 0.0787 e. The van der Waals surface area contributed by atoms with Crippen molar-refractivity contribution in [3.05, 3.63) is 29.6 Å². The average Bonchev–Trinajstić information content (AvgIpc) is 2.69.